The number of rotatable bonds is 0. The lowest BCUT2D eigenvalue weighted by molar-refractivity contribution is 0.601. The molecule has 1 heterocycles. The highest BCUT2D eigenvalue weighted by atomic mass is 32.2. The summed E-state index contributed by atoms with van der Waals surface area (Å²) >= 11 is 0. The average Bonchev–Trinajstić information content (AvgIpc) is 1.65. The standard InChI is InChI=1S/C3H3N2O2S/c6-8(7)3-4-1-2-5-8/h1-3H/q+1. The predicted molar refractivity (Wildman–Crippen MR) is 28.4 cm³/mol. The van der Waals surface area contributed by atoms with Crippen LogP contribution in [0.5, 0.6) is 0 Å². The van der Waals surface area contributed by atoms with Crippen molar-refractivity contribution in [1.29, 1.82) is 0 Å². The minimum Gasteiger partial charge on any atom is -0.193 e. The van der Waals surface area contributed by atoms with E-state index >= 15 is 0 Å². The van der Waals surface area contributed by atoms with Gasteiger partial charge in [0.2, 0.25) is 0 Å². The molecule has 0 N–H and O–H groups in total. The molecule has 0 saturated heterocycles. The minimum atomic E-state index is -3.34. The van der Waals surface area contributed by atoms with E-state index in [1.807, 2.05) is 0 Å². The third-order valence-electron chi connectivity index (χ3n) is 0.555. The SMILES string of the molecule is O=S1(=O)C=[N+]C=C[N]1. The van der Waals surface area contributed by atoms with Gasteiger partial charge in [-0.25, -0.2) is 0 Å². The molecule has 0 amide bonds. The summed E-state index contributed by atoms with van der Waals surface area (Å²) in [7, 11) is -3.34. The maximum atomic E-state index is 10.3. The van der Waals surface area contributed by atoms with Crippen LogP contribution < -0.4 is 9.71 Å². The second-order valence-electron chi connectivity index (χ2n) is 1.17. The van der Waals surface area contributed by atoms with Crippen molar-refractivity contribution in [1.82, 2.24) is 9.71 Å². The summed E-state index contributed by atoms with van der Waals surface area (Å²) in [6.07, 6.45) is 2.44. The van der Waals surface area contributed by atoms with Crippen LogP contribution in [0.15, 0.2) is 12.4 Å². The molecule has 0 atom stereocenters. The van der Waals surface area contributed by atoms with E-state index in [4.69, 9.17) is 0 Å². The van der Waals surface area contributed by atoms with Gasteiger partial charge in [0.15, 0.2) is 0 Å². The quantitative estimate of drug-likeness (QED) is 0.413. The van der Waals surface area contributed by atoms with Crippen molar-refractivity contribution >= 4 is 15.6 Å². The lowest BCUT2D eigenvalue weighted by Crippen LogP contribution is -2.16. The molecule has 1 aliphatic rings. The van der Waals surface area contributed by atoms with E-state index in [9.17, 15) is 8.42 Å². The zero-order valence-corrected chi connectivity index (χ0v) is 4.67. The second kappa shape index (κ2) is 1.59. The maximum absolute atomic E-state index is 10.3. The number of hydrogen-bond acceptors (Lipinski definition) is 3. The molecule has 42 valence electrons. The zero-order chi connectivity index (χ0) is 6.04. The van der Waals surface area contributed by atoms with E-state index in [2.05, 4.69) is 9.71 Å². The van der Waals surface area contributed by atoms with Gasteiger partial charge in [0, 0.05) is 0 Å². The van der Waals surface area contributed by atoms with Gasteiger partial charge in [0.25, 0.3) is 6.20 Å². The monoisotopic (exact) mass is 131 g/mol. The Morgan fingerprint density at radius 3 is 2.50 bits per heavy atom. The molecule has 0 unspecified atom stereocenters. The van der Waals surface area contributed by atoms with Crippen molar-refractivity contribution in [3.63, 3.8) is 0 Å². The average molecular weight is 131 g/mol. The fraction of sp³-hybridized carbons (Fsp3) is 0. The lowest BCUT2D eigenvalue weighted by atomic mass is 10.9. The highest BCUT2D eigenvalue weighted by Crippen LogP contribution is 1.82. The first-order valence-corrected chi connectivity index (χ1v) is 3.36. The van der Waals surface area contributed by atoms with Crippen LogP contribution in [0.1, 0.15) is 0 Å². The zero-order valence-electron chi connectivity index (χ0n) is 3.85. The first kappa shape index (κ1) is 5.30. The number of nitrogens with zero attached hydrogens (tertiary/aromatic N) is 2. The van der Waals surface area contributed by atoms with Crippen molar-refractivity contribution in [2.45, 2.75) is 0 Å². The second-order valence-corrected chi connectivity index (χ2v) is 2.62. The molecule has 0 spiro atoms. The van der Waals surface area contributed by atoms with Gasteiger partial charge in [-0.15, -0.1) is 0 Å². The molecule has 5 heteroatoms. The van der Waals surface area contributed by atoms with E-state index < -0.39 is 10.0 Å². The molecule has 0 aromatic rings. The van der Waals surface area contributed by atoms with Crippen LogP contribution in [0, 0.1) is 0 Å². The van der Waals surface area contributed by atoms with Crippen LogP contribution >= 0.6 is 0 Å². The van der Waals surface area contributed by atoms with Crippen LogP contribution in [0.2, 0.25) is 0 Å². The molecule has 1 aliphatic heterocycles. The molecule has 1 rings (SSSR count). The Bertz CT molecular complexity index is 226. The fourth-order valence-corrected chi connectivity index (χ4v) is 0.792. The summed E-state index contributed by atoms with van der Waals surface area (Å²) in [5.74, 6) is 0. The first-order chi connectivity index (χ1) is 3.71. The Kier molecular flexibility index (Phi) is 1.05. The van der Waals surface area contributed by atoms with Gasteiger partial charge in [0.1, 0.15) is 6.20 Å². The molecular weight excluding hydrogens is 128 g/mol. The summed E-state index contributed by atoms with van der Waals surface area (Å²) in [5.41, 5.74) is 0.799. The molecular formula is C3H3N2O2S+. The van der Waals surface area contributed by atoms with E-state index in [1.165, 1.54) is 6.20 Å². The lowest BCUT2D eigenvalue weighted by Gasteiger charge is -1.84. The first-order valence-electron chi connectivity index (χ1n) is 1.86. The van der Waals surface area contributed by atoms with Gasteiger partial charge < -0.3 is 0 Å². The van der Waals surface area contributed by atoms with E-state index in [0.717, 1.165) is 11.7 Å². The van der Waals surface area contributed by atoms with Crippen molar-refractivity contribution in [3.05, 3.63) is 12.4 Å². The third kappa shape index (κ3) is 1.06. The minimum absolute atomic E-state index is 0.799. The van der Waals surface area contributed by atoms with Crippen molar-refractivity contribution in [3.8, 4) is 0 Å². The van der Waals surface area contributed by atoms with Gasteiger partial charge in [0.05, 0.1) is 4.99 Å². The molecule has 0 aromatic heterocycles. The van der Waals surface area contributed by atoms with Gasteiger partial charge >= 0.3 is 15.6 Å². The molecule has 0 aromatic carbocycles. The fourth-order valence-electron chi connectivity index (χ4n) is 0.290. The smallest absolute Gasteiger partial charge is 0.193 e. The molecule has 0 bridgehead atoms. The van der Waals surface area contributed by atoms with E-state index in [1.54, 1.807) is 0 Å². The Balaban J connectivity index is 2.98. The molecule has 2 radical (unpaired) electrons. The largest absolute Gasteiger partial charge is 0.354 e. The van der Waals surface area contributed by atoms with E-state index in [0.29, 0.717) is 0 Å². The summed E-state index contributed by atoms with van der Waals surface area (Å²) in [4.78, 5) is 3.34. The summed E-state index contributed by atoms with van der Waals surface area (Å²) in [6, 6.07) is 0. The molecule has 0 aliphatic carbocycles. The highest BCUT2D eigenvalue weighted by Gasteiger charge is 2.14. The van der Waals surface area contributed by atoms with Gasteiger partial charge in [-0.05, 0) is 0 Å². The van der Waals surface area contributed by atoms with Crippen LogP contribution in [0.4, 0.5) is 0 Å². The van der Waals surface area contributed by atoms with Gasteiger partial charge in [-0.2, -0.15) is 13.1 Å². The van der Waals surface area contributed by atoms with Crippen molar-refractivity contribution in [2.24, 2.45) is 0 Å². The summed E-state index contributed by atoms with van der Waals surface area (Å²) in [6.45, 7) is 0. The predicted octanol–water partition coefficient (Wildman–Crippen LogP) is -1.23. The Morgan fingerprint density at radius 2 is 2.25 bits per heavy atom. The van der Waals surface area contributed by atoms with Gasteiger partial charge in [-0.1, -0.05) is 0 Å². The Labute approximate surface area is 47.0 Å². The van der Waals surface area contributed by atoms with Gasteiger partial charge in [-0.3, -0.25) is 0 Å². The number of hydrogen-bond donors (Lipinski definition) is 0. The maximum Gasteiger partial charge on any atom is 0.354 e. The van der Waals surface area contributed by atoms with Crippen LogP contribution in [0.25, 0.3) is 0 Å². The molecule has 8 heavy (non-hydrogen) atoms. The number of sulfonamides is 1. The molecule has 0 fully saturated rings. The van der Waals surface area contributed by atoms with Crippen LogP contribution in [0.3, 0.4) is 0 Å². The van der Waals surface area contributed by atoms with Crippen molar-refractivity contribution < 1.29 is 8.42 Å². The summed E-state index contributed by atoms with van der Waals surface area (Å²) < 4.78 is 23.7. The Hall–Kier alpha value is -0.840. The van der Waals surface area contributed by atoms with E-state index in [-0.39, 0.29) is 0 Å². The number of aliphatic imine (C=N–C) groups is 1. The summed E-state index contributed by atoms with van der Waals surface area (Å²) in [5, 5.41) is 0. The van der Waals surface area contributed by atoms with Crippen molar-refractivity contribution in [2.75, 3.05) is 0 Å². The molecule has 0 saturated carbocycles. The highest BCUT2D eigenvalue weighted by molar-refractivity contribution is 8.02. The normalized spacial score (nSPS) is 22.5. The van der Waals surface area contributed by atoms with Crippen LogP contribution in [-0.4, -0.2) is 14.0 Å². The third-order valence-corrected chi connectivity index (χ3v) is 1.36. The molecule has 4 nitrogen and oxygen atoms in total. The Morgan fingerprint density at radius 1 is 1.50 bits per heavy atom. The van der Waals surface area contributed by atoms with Crippen LogP contribution in [-0.2, 0) is 10.0 Å². The topological polar surface area (TPSA) is 62.3 Å².